The van der Waals surface area contributed by atoms with Gasteiger partial charge >= 0.3 is 6.03 Å². The molecule has 0 spiro atoms. The minimum absolute atomic E-state index is 0.00731. The van der Waals surface area contributed by atoms with Crippen molar-refractivity contribution in [3.63, 3.8) is 0 Å². The number of hydrogen-bond donors (Lipinski definition) is 0. The Balaban J connectivity index is 1.03. The van der Waals surface area contributed by atoms with Gasteiger partial charge in [0.1, 0.15) is 11.5 Å². The zero-order chi connectivity index (χ0) is 25.2. The Morgan fingerprint density at radius 3 is 2.41 bits per heavy atom. The van der Waals surface area contributed by atoms with E-state index in [2.05, 4.69) is 16.0 Å². The lowest BCUT2D eigenvalue weighted by Gasteiger charge is -2.39. The van der Waals surface area contributed by atoms with E-state index in [1.807, 2.05) is 62.7 Å². The molecule has 0 radical (unpaired) electrons. The summed E-state index contributed by atoms with van der Waals surface area (Å²) < 4.78 is 0. The van der Waals surface area contributed by atoms with Gasteiger partial charge in [0, 0.05) is 69.0 Å². The number of nitrogens with zero attached hydrogens (tertiary/aromatic N) is 6. The lowest BCUT2D eigenvalue weighted by atomic mass is 9.97. The predicted octanol–water partition coefficient (Wildman–Crippen LogP) is 4.25. The summed E-state index contributed by atoms with van der Waals surface area (Å²) in [6.45, 7) is 5.23. The number of carbonyl (C=O) groups is 2. The first kappa shape index (κ1) is 23.9. The molecule has 0 aliphatic carbocycles. The second kappa shape index (κ2) is 10.5. The second-order valence-corrected chi connectivity index (χ2v) is 10.9. The molecule has 3 aliphatic rings. The molecule has 5 heterocycles. The number of aromatic nitrogens is 2. The molecule has 3 aromatic rings. The summed E-state index contributed by atoms with van der Waals surface area (Å²) in [5.74, 6) is 1.26. The van der Waals surface area contributed by atoms with E-state index in [-0.39, 0.29) is 11.9 Å². The highest BCUT2D eigenvalue weighted by molar-refractivity contribution is 7.10. The molecule has 6 rings (SSSR count). The zero-order valence-electron chi connectivity index (χ0n) is 21.0. The monoisotopic (exact) mass is 516 g/mol. The molecule has 2 aromatic heterocycles. The van der Waals surface area contributed by atoms with Crippen molar-refractivity contribution in [3.05, 3.63) is 70.3 Å². The maximum Gasteiger partial charge on any atom is 0.320 e. The first-order chi connectivity index (χ1) is 18.2. The van der Waals surface area contributed by atoms with Gasteiger partial charge in [0.05, 0.1) is 5.01 Å². The summed E-state index contributed by atoms with van der Waals surface area (Å²) >= 11 is 1.58. The molecule has 3 aliphatic heterocycles. The summed E-state index contributed by atoms with van der Waals surface area (Å²) in [5.41, 5.74) is 2.79. The highest BCUT2D eigenvalue weighted by atomic mass is 32.1. The van der Waals surface area contributed by atoms with E-state index < -0.39 is 0 Å². The molecule has 0 saturated carbocycles. The Bertz CT molecular complexity index is 1250. The number of carbonyl (C=O) groups excluding carboxylic acids is 2. The van der Waals surface area contributed by atoms with E-state index in [0.717, 1.165) is 74.9 Å². The second-order valence-electron chi connectivity index (χ2n) is 9.97. The minimum Gasteiger partial charge on any atom is -0.353 e. The third-order valence-electron chi connectivity index (χ3n) is 7.73. The van der Waals surface area contributed by atoms with E-state index in [1.165, 1.54) is 5.56 Å². The van der Waals surface area contributed by atoms with Crippen LogP contribution in [0.2, 0.25) is 0 Å². The average Bonchev–Trinajstić information content (AvgIpc) is 3.47. The Morgan fingerprint density at radius 1 is 0.865 bits per heavy atom. The van der Waals surface area contributed by atoms with Gasteiger partial charge in [-0.3, -0.25) is 4.79 Å². The fourth-order valence-corrected chi connectivity index (χ4v) is 6.61. The van der Waals surface area contributed by atoms with Crippen molar-refractivity contribution in [1.29, 1.82) is 0 Å². The van der Waals surface area contributed by atoms with Crippen molar-refractivity contribution in [2.75, 3.05) is 55.6 Å². The number of amides is 3. The lowest BCUT2D eigenvalue weighted by molar-refractivity contribution is 0.0980. The summed E-state index contributed by atoms with van der Waals surface area (Å²) in [6.07, 6.45) is 5.57. The summed E-state index contributed by atoms with van der Waals surface area (Å²) in [4.78, 5) is 43.7. The van der Waals surface area contributed by atoms with Gasteiger partial charge < -0.3 is 19.6 Å². The number of pyridine rings is 1. The number of benzene rings is 1. The van der Waals surface area contributed by atoms with Crippen molar-refractivity contribution in [2.24, 2.45) is 0 Å². The molecule has 1 aromatic carbocycles. The van der Waals surface area contributed by atoms with Gasteiger partial charge in [-0.25, -0.2) is 14.8 Å². The molecular weight excluding hydrogens is 484 g/mol. The van der Waals surface area contributed by atoms with E-state index in [9.17, 15) is 9.59 Å². The standard InChI is InChI=1S/C28H32N6O2S/c35-27(34-13-5-7-21-6-1-2-8-24(21)34)23-20-37-26(30-23)22-10-14-32(15-11-22)28(36)33-18-16-31(17-19-33)25-9-3-4-12-29-25/h1-4,6,8-9,12,20,22H,5,7,10-11,13-19H2. The fraction of sp³-hybridized carbons (Fsp3) is 0.429. The maximum atomic E-state index is 13.3. The normalized spacial score (nSPS) is 18.6. The number of anilines is 2. The largest absolute Gasteiger partial charge is 0.353 e. The van der Waals surface area contributed by atoms with Gasteiger partial charge in [-0.2, -0.15) is 0 Å². The molecule has 8 nitrogen and oxygen atoms in total. The number of piperazine rings is 1. The minimum atomic E-state index is -0.00731. The van der Waals surface area contributed by atoms with Crippen LogP contribution in [0.3, 0.4) is 0 Å². The molecule has 2 fully saturated rings. The van der Waals surface area contributed by atoms with Gasteiger partial charge in [0.25, 0.3) is 5.91 Å². The molecule has 0 bridgehead atoms. The number of likely N-dealkylation sites (tertiary alicyclic amines) is 1. The maximum absolute atomic E-state index is 13.3. The molecule has 192 valence electrons. The Kier molecular flexibility index (Phi) is 6.78. The average molecular weight is 517 g/mol. The van der Waals surface area contributed by atoms with Crippen molar-refractivity contribution in [1.82, 2.24) is 19.8 Å². The smallest absolute Gasteiger partial charge is 0.320 e. The number of aryl methyl sites for hydroxylation is 1. The molecule has 0 unspecified atom stereocenters. The van der Waals surface area contributed by atoms with Crippen LogP contribution in [0.4, 0.5) is 16.3 Å². The van der Waals surface area contributed by atoms with E-state index in [0.29, 0.717) is 24.7 Å². The van der Waals surface area contributed by atoms with Crippen LogP contribution < -0.4 is 9.80 Å². The van der Waals surface area contributed by atoms with Crippen LogP contribution in [0, 0.1) is 0 Å². The van der Waals surface area contributed by atoms with Crippen molar-refractivity contribution in [3.8, 4) is 0 Å². The number of thiazole rings is 1. The fourth-order valence-electron chi connectivity index (χ4n) is 5.64. The van der Waals surface area contributed by atoms with E-state index >= 15 is 0 Å². The van der Waals surface area contributed by atoms with Gasteiger partial charge in [0.15, 0.2) is 0 Å². The molecule has 0 N–H and O–H groups in total. The number of piperidine rings is 1. The predicted molar refractivity (Wildman–Crippen MR) is 146 cm³/mol. The Hall–Kier alpha value is -3.46. The van der Waals surface area contributed by atoms with Crippen LogP contribution in [0.5, 0.6) is 0 Å². The first-order valence-corrected chi connectivity index (χ1v) is 14.1. The van der Waals surface area contributed by atoms with Crippen LogP contribution in [-0.4, -0.2) is 77.5 Å². The lowest BCUT2D eigenvalue weighted by Crippen LogP contribution is -2.54. The number of fused-ring (bicyclic) bond motifs is 1. The Labute approximate surface area is 221 Å². The Morgan fingerprint density at radius 2 is 1.62 bits per heavy atom. The highest BCUT2D eigenvalue weighted by Gasteiger charge is 2.31. The van der Waals surface area contributed by atoms with Gasteiger partial charge in [-0.1, -0.05) is 24.3 Å². The van der Waals surface area contributed by atoms with Gasteiger partial charge in [-0.05, 0) is 49.4 Å². The third-order valence-corrected chi connectivity index (χ3v) is 8.74. The number of urea groups is 1. The van der Waals surface area contributed by atoms with Crippen LogP contribution >= 0.6 is 11.3 Å². The van der Waals surface area contributed by atoms with Crippen LogP contribution in [0.15, 0.2) is 54.0 Å². The molecule has 37 heavy (non-hydrogen) atoms. The third kappa shape index (κ3) is 4.92. The summed E-state index contributed by atoms with van der Waals surface area (Å²) in [5, 5.41) is 2.93. The van der Waals surface area contributed by atoms with Crippen molar-refractivity contribution >= 4 is 34.8 Å². The number of para-hydroxylation sites is 1. The first-order valence-electron chi connectivity index (χ1n) is 13.2. The van der Waals surface area contributed by atoms with Crippen molar-refractivity contribution in [2.45, 2.75) is 31.6 Å². The van der Waals surface area contributed by atoms with E-state index in [1.54, 1.807) is 11.3 Å². The summed E-state index contributed by atoms with van der Waals surface area (Å²) in [6, 6.07) is 14.2. The van der Waals surface area contributed by atoms with Crippen LogP contribution in [-0.2, 0) is 6.42 Å². The molecule has 3 amide bonds. The summed E-state index contributed by atoms with van der Waals surface area (Å²) in [7, 11) is 0. The van der Waals surface area contributed by atoms with Gasteiger partial charge in [0.2, 0.25) is 0 Å². The van der Waals surface area contributed by atoms with Crippen LogP contribution in [0.25, 0.3) is 0 Å². The van der Waals surface area contributed by atoms with Crippen LogP contribution in [0.1, 0.15) is 46.2 Å². The van der Waals surface area contributed by atoms with E-state index in [4.69, 9.17) is 4.98 Å². The topological polar surface area (TPSA) is 72.9 Å². The van der Waals surface area contributed by atoms with Crippen molar-refractivity contribution < 1.29 is 9.59 Å². The highest BCUT2D eigenvalue weighted by Crippen LogP contribution is 2.33. The molecule has 2 saturated heterocycles. The molecule has 0 atom stereocenters. The quantitative estimate of drug-likeness (QED) is 0.520. The molecular formula is C28H32N6O2S. The number of hydrogen-bond acceptors (Lipinski definition) is 6. The SMILES string of the molecule is O=C(N1CCC(c2nc(C(=O)N3CCCc4ccccc43)cs2)CC1)N1CCN(c2ccccn2)CC1. The van der Waals surface area contributed by atoms with Gasteiger partial charge in [-0.15, -0.1) is 11.3 Å². The number of rotatable bonds is 3. The molecule has 9 heteroatoms. The zero-order valence-corrected chi connectivity index (χ0v) is 21.8.